The van der Waals surface area contributed by atoms with Gasteiger partial charge in [0.1, 0.15) is 5.60 Å². The minimum absolute atomic E-state index is 0.0646. The molecule has 0 atom stereocenters. The highest BCUT2D eigenvalue weighted by Gasteiger charge is 2.47. The molecule has 1 aromatic carbocycles. The molecule has 0 bridgehead atoms. The van der Waals surface area contributed by atoms with E-state index in [2.05, 4.69) is 16.7 Å². The van der Waals surface area contributed by atoms with E-state index in [9.17, 15) is 9.59 Å². The number of benzene rings is 1. The molecule has 164 valence electrons. The quantitative estimate of drug-likeness (QED) is 0.714. The number of amides is 2. The second-order valence-electron chi connectivity index (χ2n) is 8.76. The van der Waals surface area contributed by atoms with Crippen LogP contribution in [0.15, 0.2) is 30.3 Å². The van der Waals surface area contributed by atoms with Gasteiger partial charge in [0.25, 0.3) is 5.91 Å². The number of likely N-dealkylation sites (N-methyl/N-ethyl adjacent to an activating group) is 1. The first-order valence-electron chi connectivity index (χ1n) is 11.4. The number of piperidine rings is 1. The largest absolute Gasteiger partial charge is 0.441 e. The maximum atomic E-state index is 12.7. The van der Waals surface area contributed by atoms with Gasteiger partial charge in [-0.2, -0.15) is 0 Å². The molecule has 0 radical (unpaired) electrons. The molecule has 2 amide bonds. The average Bonchev–Trinajstić information content (AvgIpc) is 3.09. The lowest BCUT2D eigenvalue weighted by molar-refractivity contribution is 0.00313. The first-order valence-corrected chi connectivity index (χ1v) is 11.4. The van der Waals surface area contributed by atoms with Crippen molar-refractivity contribution in [2.24, 2.45) is 0 Å². The molecule has 0 aliphatic carbocycles. The van der Waals surface area contributed by atoms with E-state index < -0.39 is 5.60 Å². The van der Waals surface area contributed by atoms with Crippen molar-refractivity contribution in [1.29, 1.82) is 0 Å². The van der Waals surface area contributed by atoms with Gasteiger partial charge in [-0.05, 0) is 31.6 Å². The third-order valence-corrected chi connectivity index (χ3v) is 6.84. The minimum atomic E-state index is -0.419. The normalized spacial score (nSPS) is 22.5. The Morgan fingerprint density at radius 2 is 1.63 bits per heavy atom. The molecule has 0 N–H and O–H groups in total. The number of piperazine rings is 1. The Balaban J connectivity index is 1.21. The molecule has 3 saturated heterocycles. The summed E-state index contributed by atoms with van der Waals surface area (Å²) in [5.74, 6) is 0.0646. The average molecular weight is 415 g/mol. The number of nitrogens with zero attached hydrogens (tertiary/aromatic N) is 4. The van der Waals surface area contributed by atoms with Crippen LogP contribution < -0.4 is 0 Å². The summed E-state index contributed by atoms with van der Waals surface area (Å²) >= 11 is 0. The van der Waals surface area contributed by atoms with Crippen LogP contribution in [0.3, 0.4) is 0 Å². The van der Waals surface area contributed by atoms with Gasteiger partial charge >= 0.3 is 6.09 Å². The van der Waals surface area contributed by atoms with Gasteiger partial charge in [-0.25, -0.2) is 4.79 Å². The summed E-state index contributed by atoms with van der Waals surface area (Å²) < 4.78 is 5.84. The fourth-order valence-electron chi connectivity index (χ4n) is 4.82. The minimum Gasteiger partial charge on any atom is -0.441 e. The van der Waals surface area contributed by atoms with E-state index in [0.29, 0.717) is 32.5 Å². The Kier molecular flexibility index (Phi) is 6.58. The van der Waals surface area contributed by atoms with Crippen LogP contribution in [-0.2, 0) is 4.74 Å². The Bertz CT molecular complexity index is 725. The molecule has 4 rings (SSSR count). The van der Waals surface area contributed by atoms with Crippen molar-refractivity contribution >= 4 is 12.0 Å². The summed E-state index contributed by atoms with van der Waals surface area (Å²) in [6, 6.07) is 9.40. The zero-order chi connectivity index (χ0) is 21.0. The van der Waals surface area contributed by atoms with E-state index in [4.69, 9.17) is 4.74 Å². The van der Waals surface area contributed by atoms with E-state index in [1.807, 2.05) is 40.1 Å². The molecule has 3 fully saturated rings. The van der Waals surface area contributed by atoms with Gasteiger partial charge in [0.15, 0.2) is 0 Å². The number of carbonyl (C=O) groups is 2. The van der Waals surface area contributed by atoms with E-state index in [-0.39, 0.29) is 12.0 Å². The fraction of sp³-hybridized carbons (Fsp3) is 0.652. The van der Waals surface area contributed by atoms with Crippen molar-refractivity contribution in [2.45, 2.75) is 31.8 Å². The van der Waals surface area contributed by atoms with E-state index in [0.717, 1.165) is 57.8 Å². The van der Waals surface area contributed by atoms with Gasteiger partial charge in [0.2, 0.25) is 0 Å². The predicted octanol–water partition coefficient (Wildman–Crippen LogP) is 2.14. The van der Waals surface area contributed by atoms with Crippen LogP contribution in [-0.4, -0.2) is 103 Å². The third-order valence-electron chi connectivity index (χ3n) is 6.84. The molecule has 1 spiro atoms. The van der Waals surface area contributed by atoms with Crippen LogP contribution in [0.25, 0.3) is 0 Å². The van der Waals surface area contributed by atoms with Gasteiger partial charge in [-0.15, -0.1) is 0 Å². The number of carbonyl (C=O) groups excluding carboxylic acids is 2. The van der Waals surface area contributed by atoms with Crippen molar-refractivity contribution in [3.63, 3.8) is 0 Å². The number of likely N-dealkylation sites (tertiary alicyclic amines) is 1. The van der Waals surface area contributed by atoms with Gasteiger partial charge < -0.3 is 24.3 Å². The van der Waals surface area contributed by atoms with Crippen molar-refractivity contribution in [2.75, 3.05) is 65.4 Å². The molecule has 7 heteroatoms. The monoisotopic (exact) mass is 414 g/mol. The second kappa shape index (κ2) is 9.35. The molecule has 30 heavy (non-hydrogen) atoms. The molecular weight excluding hydrogens is 380 g/mol. The highest BCUT2D eigenvalue weighted by atomic mass is 16.6. The SMILES string of the molecule is CCN1CCN(CCCN2CC3(CCN(C(=O)c4ccccc4)CC3)OC2=O)CC1. The van der Waals surface area contributed by atoms with Crippen LogP contribution in [0.4, 0.5) is 4.79 Å². The van der Waals surface area contributed by atoms with Crippen molar-refractivity contribution in [3.05, 3.63) is 35.9 Å². The van der Waals surface area contributed by atoms with Gasteiger partial charge in [-0.1, -0.05) is 25.1 Å². The number of hydrogen-bond donors (Lipinski definition) is 0. The first kappa shape index (κ1) is 21.1. The summed E-state index contributed by atoms with van der Waals surface area (Å²) in [6.07, 6.45) is 2.23. The first-order chi connectivity index (χ1) is 14.6. The number of hydrogen-bond acceptors (Lipinski definition) is 5. The summed E-state index contributed by atoms with van der Waals surface area (Å²) in [6.45, 7) is 11.6. The number of rotatable bonds is 6. The zero-order valence-corrected chi connectivity index (χ0v) is 18.1. The van der Waals surface area contributed by atoms with E-state index in [1.54, 1.807) is 0 Å². The molecule has 3 aliphatic rings. The maximum Gasteiger partial charge on any atom is 0.410 e. The summed E-state index contributed by atoms with van der Waals surface area (Å²) in [4.78, 5) is 33.8. The molecule has 7 nitrogen and oxygen atoms in total. The van der Waals surface area contributed by atoms with Gasteiger partial charge in [-0.3, -0.25) is 4.79 Å². The molecule has 0 aromatic heterocycles. The van der Waals surface area contributed by atoms with Crippen LogP contribution in [0.5, 0.6) is 0 Å². The fourth-order valence-corrected chi connectivity index (χ4v) is 4.82. The molecule has 3 heterocycles. The van der Waals surface area contributed by atoms with Crippen LogP contribution in [0.2, 0.25) is 0 Å². The second-order valence-corrected chi connectivity index (χ2v) is 8.76. The molecule has 0 saturated carbocycles. The molecular formula is C23H34N4O3. The summed E-state index contributed by atoms with van der Waals surface area (Å²) in [7, 11) is 0. The van der Waals surface area contributed by atoms with Crippen molar-refractivity contribution in [1.82, 2.24) is 19.6 Å². The third kappa shape index (κ3) is 4.78. The van der Waals surface area contributed by atoms with Crippen molar-refractivity contribution < 1.29 is 14.3 Å². The lowest BCUT2D eigenvalue weighted by Crippen LogP contribution is -2.49. The number of ether oxygens (including phenoxy) is 1. The standard InChI is InChI=1S/C23H34N4O3/c1-2-24-15-17-25(18-16-24)11-6-12-27-19-23(30-22(27)29)9-13-26(14-10-23)21(28)20-7-4-3-5-8-20/h3-5,7-8H,2,6,9-19H2,1H3. The maximum absolute atomic E-state index is 12.7. The summed E-state index contributed by atoms with van der Waals surface area (Å²) in [5.41, 5.74) is 0.301. The molecule has 0 unspecified atom stereocenters. The van der Waals surface area contributed by atoms with Crippen LogP contribution in [0, 0.1) is 0 Å². The van der Waals surface area contributed by atoms with Crippen molar-refractivity contribution in [3.8, 4) is 0 Å². The smallest absolute Gasteiger partial charge is 0.410 e. The lowest BCUT2D eigenvalue weighted by Gasteiger charge is -2.37. The van der Waals surface area contributed by atoms with E-state index >= 15 is 0 Å². The zero-order valence-electron chi connectivity index (χ0n) is 18.1. The topological polar surface area (TPSA) is 56.3 Å². The van der Waals surface area contributed by atoms with Gasteiger partial charge in [0.05, 0.1) is 6.54 Å². The van der Waals surface area contributed by atoms with E-state index in [1.165, 1.54) is 0 Å². The lowest BCUT2D eigenvalue weighted by atomic mass is 9.91. The van der Waals surface area contributed by atoms with Crippen LogP contribution in [0.1, 0.15) is 36.5 Å². The summed E-state index contributed by atoms with van der Waals surface area (Å²) in [5, 5.41) is 0. The molecule has 1 aromatic rings. The highest BCUT2D eigenvalue weighted by molar-refractivity contribution is 5.94. The van der Waals surface area contributed by atoms with Crippen LogP contribution >= 0.6 is 0 Å². The molecule has 3 aliphatic heterocycles. The van der Waals surface area contributed by atoms with Gasteiger partial charge in [0, 0.05) is 64.2 Å². The Morgan fingerprint density at radius 3 is 2.30 bits per heavy atom. The predicted molar refractivity (Wildman–Crippen MR) is 116 cm³/mol. The Morgan fingerprint density at radius 1 is 0.967 bits per heavy atom. The highest BCUT2D eigenvalue weighted by Crippen LogP contribution is 2.33. The Hall–Kier alpha value is -2.12. The Labute approximate surface area is 179 Å².